The summed E-state index contributed by atoms with van der Waals surface area (Å²) in [6, 6.07) is 8.04. The third kappa shape index (κ3) is 4.39. The average Bonchev–Trinajstić information content (AvgIpc) is 2.79. The monoisotopic (exact) mass is 377 g/mol. The molecule has 0 spiro atoms. The Morgan fingerprint density at radius 3 is 2.88 bits per heavy atom. The van der Waals surface area contributed by atoms with E-state index >= 15 is 0 Å². The van der Waals surface area contributed by atoms with Gasteiger partial charge in [0.05, 0.1) is 5.69 Å². The lowest BCUT2D eigenvalue weighted by Crippen LogP contribution is -2.33. The number of nitrogens with zero attached hydrogens (tertiary/aromatic N) is 2. The van der Waals surface area contributed by atoms with E-state index in [0.29, 0.717) is 11.7 Å². The average molecular weight is 378 g/mol. The molecule has 134 valence electrons. The molecular weight excluding hydrogens is 354 g/mol. The van der Waals surface area contributed by atoms with Gasteiger partial charge in [-0.25, -0.2) is 0 Å². The zero-order valence-corrected chi connectivity index (χ0v) is 16.3. The summed E-state index contributed by atoms with van der Waals surface area (Å²) in [6.07, 6.45) is 2.25. The van der Waals surface area contributed by atoms with E-state index in [1.54, 1.807) is 0 Å². The van der Waals surface area contributed by atoms with Crippen LogP contribution >= 0.6 is 23.4 Å². The van der Waals surface area contributed by atoms with E-state index < -0.39 is 0 Å². The Morgan fingerprint density at radius 1 is 1.36 bits per heavy atom. The summed E-state index contributed by atoms with van der Waals surface area (Å²) in [5.41, 5.74) is 4.42. The Balaban J connectivity index is 1.57. The third-order valence-corrected chi connectivity index (χ3v) is 6.47. The fourth-order valence-electron chi connectivity index (χ4n) is 3.34. The van der Waals surface area contributed by atoms with Crippen molar-refractivity contribution in [1.29, 1.82) is 0 Å². The van der Waals surface area contributed by atoms with Crippen LogP contribution < -0.4 is 0 Å². The van der Waals surface area contributed by atoms with Crippen LogP contribution in [0.1, 0.15) is 40.6 Å². The smallest absolute Gasteiger partial charge is 0.222 e. The van der Waals surface area contributed by atoms with Gasteiger partial charge in [-0.2, -0.15) is 16.9 Å². The highest BCUT2D eigenvalue weighted by Crippen LogP contribution is 2.37. The van der Waals surface area contributed by atoms with E-state index in [1.165, 1.54) is 11.1 Å². The lowest BCUT2D eigenvalue weighted by molar-refractivity contribution is -0.130. The molecule has 1 amide bonds. The fourth-order valence-corrected chi connectivity index (χ4v) is 4.94. The van der Waals surface area contributed by atoms with Gasteiger partial charge in [0.15, 0.2) is 0 Å². The van der Waals surface area contributed by atoms with Gasteiger partial charge in [0.25, 0.3) is 0 Å². The van der Waals surface area contributed by atoms with Crippen molar-refractivity contribution < 1.29 is 4.79 Å². The van der Waals surface area contributed by atoms with E-state index in [1.807, 2.05) is 48.7 Å². The normalized spacial score (nSPS) is 18.2. The van der Waals surface area contributed by atoms with Crippen LogP contribution in [0.3, 0.4) is 0 Å². The van der Waals surface area contributed by atoms with E-state index in [2.05, 4.69) is 16.3 Å². The maximum atomic E-state index is 12.6. The van der Waals surface area contributed by atoms with Crippen molar-refractivity contribution >= 4 is 29.3 Å². The van der Waals surface area contributed by atoms with Crippen LogP contribution in [0.25, 0.3) is 0 Å². The quantitative estimate of drug-likeness (QED) is 0.863. The predicted molar refractivity (Wildman–Crippen MR) is 104 cm³/mol. The van der Waals surface area contributed by atoms with Gasteiger partial charge in [0.2, 0.25) is 5.91 Å². The number of nitrogens with one attached hydrogen (secondary N) is 1. The van der Waals surface area contributed by atoms with Crippen molar-refractivity contribution in [2.45, 2.75) is 38.4 Å². The molecule has 1 N–H and O–H groups in total. The topological polar surface area (TPSA) is 49.0 Å². The Labute approximate surface area is 158 Å². The minimum absolute atomic E-state index is 0.236. The molecule has 1 aliphatic rings. The maximum absolute atomic E-state index is 12.6. The lowest BCUT2D eigenvalue weighted by atomic mass is 10.1. The largest absolute Gasteiger partial charge is 0.342 e. The highest BCUT2D eigenvalue weighted by atomic mass is 35.5. The zero-order valence-electron chi connectivity index (χ0n) is 14.7. The van der Waals surface area contributed by atoms with Crippen molar-refractivity contribution in [1.82, 2.24) is 15.1 Å². The summed E-state index contributed by atoms with van der Waals surface area (Å²) < 4.78 is 0. The number of benzene rings is 1. The first kappa shape index (κ1) is 18.3. The Morgan fingerprint density at radius 2 is 2.16 bits per heavy atom. The molecule has 1 aromatic carbocycles. The number of amides is 1. The van der Waals surface area contributed by atoms with Crippen molar-refractivity contribution in [2.75, 3.05) is 18.8 Å². The number of rotatable bonds is 4. The summed E-state index contributed by atoms with van der Waals surface area (Å²) >= 11 is 8.24. The molecule has 1 unspecified atom stereocenters. The number of hydrogen-bond acceptors (Lipinski definition) is 3. The fraction of sp³-hybridized carbons (Fsp3) is 0.474. The van der Waals surface area contributed by atoms with Gasteiger partial charge >= 0.3 is 0 Å². The van der Waals surface area contributed by atoms with Crippen LogP contribution in [0.15, 0.2) is 24.3 Å². The molecule has 1 aromatic heterocycles. The van der Waals surface area contributed by atoms with Gasteiger partial charge in [-0.3, -0.25) is 9.89 Å². The van der Waals surface area contributed by atoms with Crippen molar-refractivity contribution in [2.24, 2.45) is 0 Å². The number of carbonyl (C=O) groups excluding carboxylic acids is 1. The summed E-state index contributed by atoms with van der Waals surface area (Å²) in [4.78, 5) is 14.6. The number of H-pyrrole nitrogens is 1. The third-order valence-electron chi connectivity index (χ3n) is 4.82. The standard InChI is InChI=1S/C19H24ClN3OS/c1-13-15(14(2)22-21-13)7-8-19(24)23-10-9-18(25-12-11-23)16-5-3-4-6-17(16)20/h3-6,18H,7-12H2,1-2H3,(H,21,22). The zero-order chi connectivity index (χ0) is 17.8. The lowest BCUT2D eigenvalue weighted by Gasteiger charge is -2.20. The van der Waals surface area contributed by atoms with Crippen molar-refractivity contribution in [3.63, 3.8) is 0 Å². The molecule has 25 heavy (non-hydrogen) atoms. The minimum atomic E-state index is 0.236. The van der Waals surface area contributed by atoms with E-state index in [4.69, 9.17) is 11.6 Å². The van der Waals surface area contributed by atoms with Crippen LogP contribution in [0.2, 0.25) is 5.02 Å². The minimum Gasteiger partial charge on any atom is -0.342 e. The van der Waals surface area contributed by atoms with Gasteiger partial charge in [-0.05, 0) is 43.9 Å². The molecule has 1 fully saturated rings. The number of carbonyl (C=O) groups is 1. The molecule has 0 saturated carbocycles. The highest BCUT2D eigenvalue weighted by molar-refractivity contribution is 7.99. The first-order valence-corrected chi connectivity index (χ1v) is 10.1. The second kappa shape index (κ2) is 8.28. The molecule has 4 nitrogen and oxygen atoms in total. The number of aromatic amines is 1. The number of aromatic nitrogens is 2. The van der Waals surface area contributed by atoms with Crippen LogP contribution in [-0.4, -0.2) is 39.8 Å². The first-order chi connectivity index (χ1) is 12.1. The van der Waals surface area contributed by atoms with Gasteiger partial charge in [-0.1, -0.05) is 29.8 Å². The molecule has 2 aromatic rings. The first-order valence-electron chi connectivity index (χ1n) is 8.70. The Kier molecular flexibility index (Phi) is 6.07. The predicted octanol–water partition coefficient (Wildman–Crippen LogP) is 4.32. The Hall–Kier alpha value is -1.46. The SMILES string of the molecule is Cc1n[nH]c(C)c1CCC(=O)N1CCSC(c2ccccc2Cl)CC1. The number of hydrogen-bond donors (Lipinski definition) is 1. The summed E-state index contributed by atoms with van der Waals surface area (Å²) in [6.45, 7) is 5.61. The van der Waals surface area contributed by atoms with Crippen molar-refractivity contribution in [3.05, 3.63) is 51.8 Å². The van der Waals surface area contributed by atoms with Gasteiger partial charge in [0, 0.05) is 41.2 Å². The van der Waals surface area contributed by atoms with E-state index in [9.17, 15) is 4.79 Å². The summed E-state index contributed by atoms with van der Waals surface area (Å²) in [5.74, 6) is 1.19. The molecule has 1 aliphatic heterocycles. The van der Waals surface area contributed by atoms with Gasteiger partial charge < -0.3 is 4.90 Å². The van der Waals surface area contributed by atoms with Gasteiger partial charge in [0.1, 0.15) is 0 Å². The molecule has 1 saturated heterocycles. The molecule has 6 heteroatoms. The van der Waals surface area contributed by atoms with Crippen LogP contribution in [-0.2, 0) is 11.2 Å². The summed E-state index contributed by atoms with van der Waals surface area (Å²) in [5, 5.41) is 8.39. The number of aryl methyl sites for hydroxylation is 2. The number of thioether (sulfide) groups is 1. The van der Waals surface area contributed by atoms with Crippen LogP contribution in [0, 0.1) is 13.8 Å². The maximum Gasteiger partial charge on any atom is 0.222 e. The van der Waals surface area contributed by atoms with Gasteiger partial charge in [-0.15, -0.1) is 0 Å². The molecule has 0 aliphatic carbocycles. The molecule has 0 bridgehead atoms. The second-order valence-corrected chi connectivity index (χ2v) is 8.18. The molecular formula is C19H24ClN3OS. The van der Waals surface area contributed by atoms with Crippen LogP contribution in [0.4, 0.5) is 0 Å². The van der Waals surface area contributed by atoms with E-state index in [-0.39, 0.29) is 5.91 Å². The highest BCUT2D eigenvalue weighted by Gasteiger charge is 2.23. The van der Waals surface area contributed by atoms with Crippen LogP contribution in [0.5, 0.6) is 0 Å². The molecule has 2 heterocycles. The Bertz CT molecular complexity index is 727. The molecule has 3 rings (SSSR count). The molecule has 1 atom stereocenters. The van der Waals surface area contributed by atoms with Crippen molar-refractivity contribution in [3.8, 4) is 0 Å². The second-order valence-electron chi connectivity index (χ2n) is 6.46. The molecule has 0 radical (unpaired) electrons. The summed E-state index contributed by atoms with van der Waals surface area (Å²) in [7, 11) is 0. The van der Waals surface area contributed by atoms with E-state index in [0.717, 1.165) is 48.1 Å². The number of halogens is 1.